The summed E-state index contributed by atoms with van der Waals surface area (Å²) in [5.74, 6) is 1.47. The van der Waals surface area contributed by atoms with Gasteiger partial charge in [0.2, 0.25) is 5.82 Å². The van der Waals surface area contributed by atoms with Crippen LogP contribution in [0.25, 0.3) is 22.5 Å². The SMILES string of the molecule is CCCCCCCc1nn(CCCCC)c(=O)n1Cc1ccc(-c2ccccc2-c2nn[nH]n2)cc1. The van der Waals surface area contributed by atoms with Crippen molar-refractivity contribution >= 4 is 0 Å². The standard InChI is InChI=1S/C28H37N7O/c1-3-5-7-8-9-15-26-31-35(20-12-6-4-2)28(36)34(26)21-22-16-18-23(19-17-22)24-13-10-11-14-25(24)27-29-32-33-30-27/h10-11,13-14,16-19H,3-9,12,15,20-21H2,1-2H3,(H,29,30,32,33). The van der Waals surface area contributed by atoms with Gasteiger partial charge in [0.1, 0.15) is 5.82 Å². The number of rotatable bonds is 14. The Morgan fingerprint density at radius 3 is 2.28 bits per heavy atom. The highest BCUT2D eigenvalue weighted by atomic mass is 16.2. The van der Waals surface area contributed by atoms with Crippen molar-refractivity contribution in [3.8, 4) is 22.5 Å². The fourth-order valence-electron chi connectivity index (χ4n) is 4.55. The molecule has 0 spiro atoms. The van der Waals surface area contributed by atoms with Gasteiger partial charge in [-0.3, -0.25) is 4.57 Å². The smallest absolute Gasteiger partial charge is 0.274 e. The summed E-state index contributed by atoms with van der Waals surface area (Å²) in [6.07, 6.45) is 10.0. The molecular formula is C28H37N7O. The van der Waals surface area contributed by atoms with E-state index < -0.39 is 0 Å². The molecule has 36 heavy (non-hydrogen) atoms. The number of unbranched alkanes of at least 4 members (excludes halogenated alkanes) is 6. The van der Waals surface area contributed by atoms with Crippen LogP contribution in [0.2, 0.25) is 0 Å². The van der Waals surface area contributed by atoms with E-state index in [4.69, 9.17) is 5.10 Å². The van der Waals surface area contributed by atoms with Crippen LogP contribution in [0, 0.1) is 0 Å². The van der Waals surface area contributed by atoms with Crippen LogP contribution in [0.4, 0.5) is 0 Å². The van der Waals surface area contributed by atoms with Gasteiger partial charge in [0.05, 0.1) is 6.54 Å². The summed E-state index contributed by atoms with van der Waals surface area (Å²) in [6, 6.07) is 16.4. The zero-order valence-corrected chi connectivity index (χ0v) is 21.5. The van der Waals surface area contributed by atoms with Crippen LogP contribution in [0.1, 0.15) is 76.6 Å². The fourth-order valence-corrected chi connectivity index (χ4v) is 4.55. The Kier molecular flexibility index (Phi) is 9.19. The molecule has 0 amide bonds. The molecule has 1 N–H and O–H groups in total. The molecule has 4 rings (SSSR count). The van der Waals surface area contributed by atoms with Gasteiger partial charge in [-0.2, -0.15) is 10.3 Å². The van der Waals surface area contributed by atoms with Gasteiger partial charge in [0.25, 0.3) is 0 Å². The van der Waals surface area contributed by atoms with Crippen molar-refractivity contribution in [3.63, 3.8) is 0 Å². The van der Waals surface area contributed by atoms with Gasteiger partial charge in [-0.1, -0.05) is 101 Å². The third-order valence-corrected chi connectivity index (χ3v) is 6.60. The molecule has 0 fully saturated rings. The molecule has 2 aromatic carbocycles. The van der Waals surface area contributed by atoms with E-state index in [2.05, 4.69) is 64.8 Å². The Balaban J connectivity index is 1.53. The summed E-state index contributed by atoms with van der Waals surface area (Å²) in [5.41, 5.74) is 4.12. The molecule has 190 valence electrons. The molecule has 4 aromatic rings. The van der Waals surface area contributed by atoms with Gasteiger partial charge >= 0.3 is 5.69 Å². The highest BCUT2D eigenvalue weighted by molar-refractivity contribution is 5.80. The molecule has 8 heteroatoms. The summed E-state index contributed by atoms with van der Waals surface area (Å²) < 4.78 is 3.54. The van der Waals surface area contributed by atoms with Crippen molar-refractivity contribution in [1.82, 2.24) is 35.0 Å². The van der Waals surface area contributed by atoms with Gasteiger partial charge in [0, 0.05) is 18.5 Å². The molecule has 0 aliphatic rings. The second kappa shape index (κ2) is 13.0. The number of aryl methyl sites for hydroxylation is 2. The first-order valence-corrected chi connectivity index (χ1v) is 13.3. The normalized spacial score (nSPS) is 11.3. The maximum Gasteiger partial charge on any atom is 0.346 e. The van der Waals surface area contributed by atoms with Crippen molar-refractivity contribution in [3.05, 3.63) is 70.4 Å². The molecule has 0 saturated carbocycles. The second-order valence-electron chi connectivity index (χ2n) is 9.36. The van der Waals surface area contributed by atoms with Crippen molar-refractivity contribution < 1.29 is 0 Å². The summed E-state index contributed by atoms with van der Waals surface area (Å²) in [4.78, 5) is 13.2. The molecule has 2 aromatic heterocycles. The monoisotopic (exact) mass is 487 g/mol. The minimum atomic E-state index is 0.00110. The van der Waals surface area contributed by atoms with E-state index in [-0.39, 0.29) is 5.69 Å². The highest BCUT2D eigenvalue weighted by Crippen LogP contribution is 2.29. The quantitative estimate of drug-likeness (QED) is 0.232. The largest absolute Gasteiger partial charge is 0.346 e. The van der Waals surface area contributed by atoms with Gasteiger partial charge in [-0.25, -0.2) is 9.48 Å². The number of nitrogens with zero attached hydrogens (tertiary/aromatic N) is 6. The zero-order chi connectivity index (χ0) is 25.2. The first-order valence-electron chi connectivity index (χ1n) is 13.3. The first-order chi connectivity index (χ1) is 17.7. The average Bonchev–Trinajstić information content (AvgIpc) is 3.54. The van der Waals surface area contributed by atoms with Gasteiger partial charge < -0.3 is 0 Å². The Morgan fingerprint density at radius 2 is 1.56 bits per heavy atom. The number of H-pyrrole nitrogens is 1. The number of nitrogens with one attached hydrogen (secondary N) is 1. The third-order valence-electron chi connectivity index (χ3n) is 6.60. The second-order valence-corrected chi connectivity index (χ2v) is 9.36. The van der Waals surface area contributed by atoms with Crippen molar-refractivity contribution in [2.75, 3.05) is 0 Å². The minimum Gasteiger partial charge on any atom is -0.274 e. The lowest BCUT2D eigenvalue weighted by molar-refractivity contribution is 0.529. The van der Waals surface area contributed by atoms with E-state index >= 15 is 0 Å². The minimum absolute atomic E-state index is 0.00110. The van der Waals surface area contributed by atoms with E-state index in [1.807, 2.05) is 22.8 Å². The third kappa shape index (κ3) is 6.36. The van der Waals surface area contributed by atoms with Gasteiger partial charge in [-0.05, 0) is 34.7 Å². The lowest BCUT2D eigenvalue weighted by Crippen LogP contribution is -2.26. The summed E-state index contributed by atoms with van der Waals surface area (Å²) >= 11 is 0. The molecule has 2 heterocycles. The lowest BCUT2D eigenvalue weighted by atomic mass is 9.98. The number of hydrogen-bond acceptors (Lipinski definition) is 5. The van der Waals surface area contributed by atoms with E-state index in [9.17, 15) is 4.79 Å². The predicted octanol–water partition coefficient (Wildman–Crippen LogP) is 5.64. The van der Waals surface area contributed by atoms with Crippen LogP contribution >= 0.6 is 0 Å². The average molecular weight is 488 g/mol. The molecule has 0 atom stereocenters. The van der Waals surface area contributed by atoms with Crippen molar-refractivity contribution in [1.29, 1.82) is 0 Å². The zero-order valence-electron chi connectivity index (χ0n) is 21.5. The molecule has 0 aliphatic heterocycles. The topological polar surface area (TPSA) is 94.3 Å². The number of benzene rings is 2. The summed E-state index contributed by atoms with van der Waals surface area (Å²) in [7, 11) is 0. The van der Waals surface area contributed by atoms with Crippen LogP contribution in [0.3, 0.4) is 0 Å². The fraction of sp³-hybridized carbons (Fsp3) is 0.464. The van der Waals surface area contributed by atoms with Gasteiger partial charge in [0.15, 0.2) is 0 Å². The van der Waals surface area contributed by atoms with Crippen LogP contribution in [-0.2, 0) is 19.5 Å². The molecule has 0 radical (unpaired) electrons. The maximum absolute atomic E-state index is 13.2. The Morgan fingerprint density at radius 1 is 0.833 bits per heavy atom. The molecule has 0 aliphatic carbocycles. The Bertz CT molecular complexity index is 1260. The highest BCUT2D eigenvalue weighted by Gasteiger charge is 2.15. The molecule has 8 nitrogen and oxygen atoms in total. The molecule has 0 unspecified atom stereocenters. The lowest BCUT2D eigenvalue weighted by Gasteiger charge is -2.09. The summed E-state index contributed by atoms with van der Waals surface area (Å²) in [5, 5.41) is 19.2. The van der Waals surface area contributed by atoms with Gasteiger partial charge in [-0.15, -0.1) is 10.2 Å². The van der Waals surface area contributed by atoms with E-state index in [0.717, 1.165) is 60.2 Å². The number of tetrazole rings is 1. The Hall–Kier alpha value is -3.55. The summed E-state index contributed by atoms with van der Waals surface area (Å²) in [6.45, 7) is 5.62. The molecule has 0 bridgehead atoms. The van der Waals surface area contributed by atoms with E-state index in [1.165, 1.54) is 25.7 Å². The maximum atomic E-state index is 13.2. The first kappa shape index (κ1) is 25.5. The van der Waals surface area contributed by atoms with Crippen molar-refractivity contribution in [2.24, 2.45) is 0 Å². The van der Waals surface area contributed by atoms with E-state index in [1.54, 1.807) is 4.68 Å². The molecular weight excluding hydrogens is 450 g/mol. The Labute approximate surface area is 212 Å². The molecule has 0 saturated heterocycles. The predicted molar refractivity (Wildman–Crippen MR) is 143 cm³/mol. The number of hydrogen-bond donors (Lipinski definition) is 1. The van der Waals surface area contributed by atoms with Crippen LogP contribution in [-0.4, -0.2) is 35.0 Å². The van der Waals surface area contributed by atoms with Crippen LogP contribution < -0.4 is 5.69 Å². The number of aromatic amines is 1. The van der Waals surface area contributed by atoms with Crippen LogP contribution in [0.5, 0.6) is 0 Å². The number of aromatic nitrogens is 7. The van der Waals surface area contributed by atoms with E-state index in [0.29, 0.717) is 18.9 Å². The van der Waals surface area contributed by atoms with Crippen molar-refractivity contribution in [2.45, 2.75) is 84.7 Å². The van der Waals surface area contributed by atoms with Crippen LogP contribution in [0.15, 0.2) is 53.3 Å².